The smallest absolute Gasteiger partial charge is 0.316 e. The summed E-state index contributed by atoms with van der Waals surface area (Å²) in [7, 11) is 0. The van der Waals surface area contributed by atoms with Gasteiger partial charge in [0, 0.05) is 23.0 Å². The Hall–Kier alpha value is -2.50. The fourth-order valence-electron chi connectivity index (χ4n) is 2.99. The lowest BCUT2D eigenvalue weighted by molar-refractivity contribution is -0.122. The number of nitrogens with zero attached hydrogens (tertiary/aromatic N) is 2. The molecular weight excluding hydrogens is 373 g/mol. The number of nitrogens with one attached hydrogen (secondary N) is 1. The average Bonchev–Trinajstić information content (AvgIpc) is 2.99. The molecule has 1 aliphatic rings. The number of aryl methyl sites for hydroxylation is 1. The Morgan fingerprint density at radius 3 is 2.58 bits per heavy atom. The lowest BCUT2D eigenvalue weighted by Crippen LogP contribution is -2.30. The maximum atomic E-state index is 12.4. The van der Waals surface area contributed by atoms with E-state index in [4.69, 9.17) is 23.2 Å². The average molecular weight is 390 g/mol. The van der Waals surface area contributed by atoms with Crippen molar-refractivity contribution in [3.05, 3.63) is 69.6 Å². The summed E-state index contributed by atoms with van der Waals surface area (Å²) in [5.41, 5.74) is 3.68. The summed E-state index contributed by atoms with van der Waals surface area (Å²) in [5, 5.41) is 3.69. The number of benzene rings is 1. The van der Waals surface area contributed by atoms with Crippen molar-refractivity contribution in [2.24, 2.45) is 0 Å². The van der Waals surface area contributed by atoms with Crippen molar-refractivity contribution >= 4 is 41.2 Å². The third kappa shape index (κ3) is 3.16. The van der Waals surface area contributed by atoms with E-state index in [9.17, 15) is 9.59 Å². The van der Waals surface area contributed by atoms with E-state index in [1.165, 1.54) is 6.08 Å². The van der Waals surface area contributed by atoms with Crippen molar-refractivity contribution in [3.63, 3.8) is 0 Å². The Balaban J connectivity index is 2.03. The van der Waals surface area contributed by atoms with Gasteiger partial charge >= 0.3 is 6.03 Å². The topological polar surface area (TPSA) is 54.3 Å². The van der Waals surface area contributed by atoms with Crippen molar-refractivity contribution < 1.29 is 9.59 Å². The normalized spacial score (nSPS) is 15.7. The molecule has 0 aliphatic carbocycles. The minimum atomic E-state index is -0.448. The van der Waals surface area contributed by atoms with Crippen molar-refractivity contribution in [1.82, 2.24) is 14.8 Å². The maximum Gasteiger partial charge on any atom is 0.329 e. The van der Waals surface area contributed by atoms with Gasteiger partial charge in [-0.2, -0.15) is 0 Å². The molecule has 0 atom stereocenters. The molecule has 0 bridgehead atoms. The Kier molecular flexibility index (Phi) is 4.94. The van der Waals surface area contributed by atoms with Crippen molar-refractivity contribution in [1.29, 1.82) is 0 Å². The van der Waals surface area contributed by atoms with E-state index in [1.54, 1.807) is 18.2 Å². The van der Waals surface area contributed by atoms with Crippen molar-refractivity contribution in [2.45, 2.75) is 13.8 Å². The highest BCUT2D eigenvalue weighted by Gasteiger charge is 2.32. The van der Waals surface area contributed by atoms with Gasteiger partial charge in [-0.3, -0.25) is 9.69 Å². The van der Waals surface area contributed by atoms with Crippen LogP contribution in [0.3, 0.4) is 0 Å². The molecule has 3 amide bonds. The molecule has 1 saturated heterocycles. The predicted octanol–water partition coefficient (Wildman–Crippen LogP) is 4.48. The summed E-state index contributed by atoms with van der Waals surface area (Å²) < 4.78 is 1.98. The number of hydrogen-bond acceptors (Lipinski definition) is 2. The van der Waals surface area contributed by atoms with Crippen LogP contribution in [0.4, 0.5) is 4.79 Å². The summed E-state index contributed by atoms with van der Waals surface area (Å²) in [4.78, 5) is 25.4. The van der Waals surface area contributed by atoms with E-state index in [0.717, 1.165) is 27.5 Å². The largest absolute Gasteiger partial charge is 0.329 e. The van der Waals surface area contributed by atoms with Gasteiger partial charge in [0.1, 0.15) is 5.70 Å². The van der Waals surface area contributed by atoms with Gasteiger partial charge < -0.3 is 9.88 Å². The molecule has 0 radical (unpaired) electrons. The number of carbonyl (C=O) groups is 2. The zero-order valence-electron chi connectivity index (χ0n) is 14.3. The second-order valence-corrected chi connectivity index (χ2v) is 6.79. The lowest BCUT2D eigenvalue weighted by Gasteiger charge is -2.12. The third-order valence-electron chi connectivity index (χ3n) is 4.19. The fraction of sp³-hybridized carbons (Fsp3) is 0.158. The van der Waals surface area contributed by atoms with Crippen LogP contribution in [0, 0.1) is 13.8 Å². The molecule has 1 fully saturated rings. The Bertz CT molecular complexity index is 960. The lowest BCUT2D eigenvalue weighted by atomic mass is 10.2. The number of carbonyl (C=O) groups excluding carboxylic acids is 2. The zero-order chi connectivity index (χ0) is 19.0. The minimum Gasteiger partial charge on any atom is -0.316 e. The molecule has 0 spiro atoms. The predicted molar refractivity (Wildman–Crippen MR) is 104 cm³/mol. The molecule has 26 heavy (non-hydrogen) atoms. The highest BCUT2D eigenvalue weighted by Crippen LogP contribution is 2.29. The Morgan fingerprint density at radius 2 is 1.92 bits per heavy atom. The first-order valence-electron chi connectivity index (χ1n) is 7.93. The van der Waals surface area contributed by atoms with Crippen LogP contribution in [0.1, 0.15) is 17.0 Å². The van der Waals surface area contributed by atoms with E-state index in [0.29, 0.717) is 10.0 Å². The van der Waals surface area contributed by atoms with Gasteiger partial charge in [-0.25, -0.2) is 4.79 Å². The molecule has 2 aromatic rings. The molecule has 2 heterocycles. The van der Waals surface area contributed by atoms with Crippen LogP contribution in [0.2, 0.25) is 10.0 Å². The molecule has 0 saturated carbocycles. The van der Waals surface area contributed by atoms with Gasteiger partial charge in [0.15, 0.2) is 0 Å². The number of rotatable bonds is 4. The molecule has 3 rings (SSSR count). The number of urea groups is 1. The van der Waals surface area contributed by atoms with E-state index >= 15 is 0 Å². The van der Waals surface area contributed by atoms with Crippen LogP contribution in [-0.2, 0) is 4.79 Å². The van der Waals surface area contributed by atoms with Crippen LogP contribution in [0.25, 0.3) is 11.8 Å². The van der Waals surface area contributed by atoms with Gasteiger partial charge in [-0.05, 0) is 49.8 Å². The molecular formula is C19H17Cl2N3O2. The van der Waals surface area contributed by atoms with Crippen LogP contribution in [-0.4, -0.2) is 28.0 Å². The van der Waals surface area contributed by atoms with Gasteiger partial charge in [0.2, 0.25) is 0 Å². The highest BCUT2D eigenvalue weighted by atomic mass is 35.5. The van der Waals surface area contributed by atoms with Gasteiger partial charge in [-0.1, -0.05) is 29.3 Å². The number of halogens is 2. The van der Waals surface area contributed by atoms with Crippen LogP contribution in [0.15, 0.2) is 42.6 Å². The maximum absolute atomic E-state index is 12.4. The molecule has 0 unspecified atom stereocenters. The first-order chi connectivity index (χ1) is 12.3. The second kappa shape index (κ2) is 7.02. The van der Waals surface area contributed by atoms with E-state index < -0.39 is 6.03 Å². The molecule has 134 valence electrons. The first kappa shape index (κ1) is 18.3. The minimum absolute atomic E-state index is 0.168. The monoisotopic (exact) mass is 389 g/mol. The molecule has 1 aromatic heterocycles. The molecule has 1 aromatic carbocycles. The molecule has 1 N–H and O–H groups in total. The van der Waals surface area contributed by atoms with Gasteiger partial charge in [-0.15, -0.1) is 6.58 Å². The van der Waals surface area contributed by atoms with Crippen molar-refractivity contribution in [2.75, 3.05) is 6.54 Å². The third-order valence-corrected chi connectivity index (χ3v) is 4.73. The van der Waals surface area contributed by atoms with Crippen LogP contribution >= 0.6 is 23.2 Å². The van der Waals surface area contributed by atoms with Gasteiger partial charge in [0.05, 0.1) is 10.7 Å². The number of hydrogen-bond donors (Lipinski definition) is 1. The fourth-order valence-corrected chi connectivity index (χ4v) is 3.48. The van der Waals surface area contributed by atoms with Crippen LogP contribution in [0.5, 0.6) is 0 Å². The second-order valence-electron chi connectivity index (χ2n) is 5.95. The molecule has 5 nitrogen and oxygen atoms in total. The number of amides is 3. The number of aromatic nitrogens is 1. The summed E-state index contributed by atoms with van der Waals surface area (Å²) in [6, 6.07) is 6.78. The SMILES string of the molecule is C=CCN1C(=O)N/C(=C/c2cc(C)n(-c3ccc(Cl)cc3Cl)c2C)C1=O. The van der Waals surface area contributed by atoms with E-state index in [-0.39, 0.29) is 18.1 Å². The standard InChI is InChI=1S/C19H17Cl2N3O2/c1-4-7-23-18(25)16(22-19(23)26)9-13-8-11(2)24(12(13)3)17-6-5-14(20)10-15(17)21/h4-6,8-10H,1,7H2,2-3H3,(H,22,26)/b16-9+. The quantitative estimate of drug-likeness (QED) is 0.476. The van der Waals surface area contributed by atoms with E-state index in [1.807, 2.05) is 30.5 Å². The Labute approximate surface area is 161 Å². The van der Waals surface area contributed by atoms with Gasteiger partial charge in [0.25, 0.3) is 5.91 Å². The highest BCUT2D eigenvalue weighted by molar-refractivity contribution is 6.35. The Morgan fingerprint density at radius 1 is 1.19 bits per heavy atom. The number of imide groups is 1. The van der Waals surface area contributed by atoms with E-state index in [2.05, 4.69) is 11.9 Å². The summed E-state index contributed by atoms with van der Waals surface area (Å²) in [6.45, 7) is 7.60. The van der Waals surface area contributed by atoms with Crippen molar-refractivity contribution in [3.8, 4) is 5.69 Å². The molecule has 7 heteroatoms. The summed E-state index contributed by atoms with van der Waals surface area (Å²) >= 11 is 12.3. The molecule has 1 aliphatic heterocycles. The zero-order valence-corrected chi connectivity index (χ0v) is 15.9. The van der Waals surface area contributed by atoms with Crippen LogP contribution < -0.4 is 5.32 Å². The first-order valence-corrected chi connectivity index (χ1v) is 8.69. The summed E-state index contributed by atoms with van der Waals surface area (Å²) in [5.74, 6) is -0.371. The summed E-state index contributed by atoms with van der Waals surface area (Å²) in [6.07, 6.45) is 3.18.